The quantitative estimate of drug-likeness (QED) is 0.499. The summed E-state index contributed by atoms with van der Waals surface area (Å²) in [6, 6.07) is 6.41. The zero-order valence-corrected chi connectivity index (χ0v) is 18.1. The van der Waals surface area contributed by atoms with Gasteiger partial charge in [-0.25, -0.2) is 12.8 Å². The average Bonchev–Trinajstić information content (AvgIpc) is 2.72. The third-order valence-electron chi connectivity index (χ3n) is 5.75. The minimum Gasteiger partial charge on any atom is -0.310 e. The minimum absolute atomic E-state index is 0.0584. The molecule has 0 heterocycles. The van der Waals surface area contributed by atoms with Crippen LogP contribution in [0, 0.1) is 11.7 Å². The molecule has 1 N–H and O–H groups in total. The van der Waals surface area contributed by atoms with Crippen LogP contribution in [0.4, 0.5) is 30.7 Å². The molecular formula is C22H22F7NO2S. The predicted octanol–water partition coefficient (Wildman–Crippen LogP) is 5.99. The number of halogens is 7. The standard InChI is InChI=1S/C22H22F7NO2S/c23-20-9-6-15(10-19(20)22(27,28)29)12-30-17-7-4-14(5-8-17)13-33(31,32)18-3-1-2-16(11-18)21(24,25)26/h1-3,6,9-11,14,17,30H,4-5,7-8,12-13H2. The molecule has 1 aliphatic carbocycles. The largest absolute Gasteiger partial charge is 0.419 e. The van der Waals surface area contributed by atoms with E-state index in [-0.39, 0.29) is 34.7 Å². The van der Waals surface area contributed by atoms with Gasteiger partial charge in [-0.1, -0.05) is 12.1 Å². The minimum atomic E-state index is -4.79. The molecule has 182 valence electrons. The topological polar surface area (TPSA) is 46.2 Å². The van der Waals surface area contributed by atoms with E-state index in [0.29, 0.717) is 31.7 Å². The molecule has 3 rings (SSSR count). The first-order valence-electron chi connectivity index (χ1n) is 10.2. The number of nitrogens with one attached hydrogen (secondary N) is 1. The molecule has 3 nitrogen and oxygen atoms in total. The molecule has 33 heavy (non-hydrogen) atoms. The smallest absolute Gasteiger partial charge is 0.310 e. The first-order valence-corrected chi connectivity index (χ1v) is 11.9. The summed E-state index contributed by atoms with van der Waals surface area (Å²) in [4.78, 5) is -0.366. The number of sulfone groups is 1. The summed E-state index contributed by atoms with van der Waals surface area (Å²) in [5, 5.41) is 3.11. The van der Waals surface area contributed by atoms with Crippen LogP contribution in [0.25, 0.3) is 0 Å². The molecule has 0 aliphatic heterocycles. The fourth-order valence-electron chi connectivity index (χ4n) is 3.97. The van der Waals surface area contributed by atoms with Crippen LogP contribution in [0.2, 0.25) is 0 Å². The highest BCUT2D eigenvalue weighted by Gasteiger charge is 2.35. The van der Waals surface area contributed by atoms with E-state index in [4.69, 9.17) is 0 Å². The van der Waals surface area contributed by atoms with Gasteiger partial charge in [-0.05, 0) is 67.5 Å². The van der Waals surface area contributed by atoms with E-state index in [2.05, 4.69) is 5.32 Å². The van der Waals surface area contributed by atoms with E-state index in [1.807, 2.05) is 0 Å². The summed E-state index contributed by atoms with van der Waals surface area (Å²) in [5.74, 6) is -1.84. The molecule has 1 aliphatic rings. The number of hydrogen-bond acceptors (Lipinski definition) is 3. The van der Waals surface area contributed by atoms with Crippen molar-refractivity contribution in [3.8, 4) is 0 Å². The molecule has 0 atom stereocenters. The third kappa shape index (κ3) is 6.69. The Morgan fingerprint density at radius 2 is 1.55 bits per heavy atom. The van der Waals surface area contributed by atoms with Gasteiger partial charge in [-0.3, -0.25) is 0 Å². The Morgan fingerprint density at radius 3 is 2.15 bits per heavy atom. The van der Waals surface area contributed by atoms with Crippen molar-refractivity contribution < 1.29 is 39.2 Å². The van der Waals surface area contributed by atoms with Crippen molar-refractivity contribution in [2.45, 2.75) is 55.5 Å². The first-order chi connectivity index (χ1) is 15.3. The van der Waals surface area contributed by atoms with Gasteiger partial charge in [-0.15, -0.1) is 0 Å². The van der Waals surface area contributed by atoms with E-state index in [1.54, 1.807) is 0 Å². The Hall–Kier alpha value is -2.14. The van der Waals surface area contributed by atoms with Gasteiger partial charge in [0.15, 0.2) is 9.84 Å². The summed E-state index contributed by atoms with van der Waals surface area (Å²) in [6.45, 7) is 0.0984. The fraction of sp³-hybridized carbons (Fsp3) is 0.455. The van der Waals surface area contributed by atoms with Crippen LogP contribution in [-0.4, -0.2) is 20.2 Å². The highest BCUT2D eigenvalue weighted by molar-refractivity contribution is 7.91. The molecule has 0 aromatic heterocycles. The Morgan fingerprint density at radius 1 is 0.879 bits per heavy atom. The number of benzene rings is 2. The second kappa shape index (κ2) is 9.61. The zero-order chi connectivity index (χ0) is 24.4. The van der Waals surface area contributed by atoms with Gasteiger partial charge in [0.2, 0.25) is 0 Å². The van der Waals surface area contributed by atoms with Crippen molar-refractivity contribution in [1.82, 2.24) is 5.32 Å². The maximum Gasteiger partial charge on any atom is 0.419 e. The van der Waals surface area contributed by atoms with E-state index in [1.165, 1.54) is 6.07 Å². The number of alkyl halides is 6. The SMILES string of the molecule is O=S(=O)(CC1CCC(NCc2ccc(F)c(C(F)(F)F)c2)CC1)c1cccc(C(F)(F)F)c1. The maximum absolute atomic E-state index is 13.4. The van der Waals surface area contributed by atoms with Crippen LogP contribution in [0.1, 0.15) is 42.4 Å². The van der Waals surface area contributed by atoms with Crippen LogP contribution in [0.15, 0.2) is 47.4 Å². The van der Waals surface area contributed by atoms with Crippen molar-refractivity contribution in [1.29, 1.82) is 0 Å². The maximum atomic E-state index is 13.4. The summed E-state index contributed by atoms with van der Waals surface area (Å²) >= 11 is 0. The van der Waals surface area contributed by atoms with Crippen LogP contribution in [0.3, 0.4) is 0 Å². The Bertz CT molecular complexity index is 1070. The second-order valence-corrected chi connectivity index (χ2v) is 10.3. The number of rotatable bonds is 6. The third-order valence-corrected chi connectivity index (χ3v) is 7.64. The van der Waals surface area contributed by atoms with Gasteiger partial charge < -0.3 is 5.32 Å². The Kier molecular flexibility index (Phi) is 7.42. The van der Waals surface area contributed by atoms with Crippen LogP contribution >= 0.6 is 0 Å². The highest BCUT2D eigenvalue weighted by Crippen LogP contribution is 2.33. The lowest BCUT2D eigenvalue weighted by atomic mass is 9.87. The molecule has 1 fully saturated rings. The van der Waals surface area contributed by atoms with Crippen molar-refractivity contribution in [3.05, 3.63) is 65.0 Å². The molecule has 0 radical (unpaired) electrons. The lowest BCUT2D eigenvalue weighted by Crippen LogP contribution is -2.34. The molecule has 0 saturated heterocycles. The lowest BCUT2D eigenvalue weighted by molar-refractivity contribution is -0.140. The molecule has 11 heteroatoms. The molecule has 2 aromatic carbocycles. The molecule has 0 amide bonds. The monoisotopic (exact) mass is 497 g/mol. The van der Waals surface area contributed by atoms with Gasteiger partial charge >= 0.3 is 12.4 Å². The summed E-state index contributed by atoms with van der Waals surface area (Å²) in [7, 11) is -3.90. The van der Waals surface area contributed by atoms with Crippen LogP contribution < -0.4 is 5.32 Å². The summed E-state index contributed by atoms with van der Waals surface area (Å²) < 4.78 is 116. The second-order valence-electron chi connectivity index (χ2n) is 8.22. The highest BCUT2D eigenvalue weighted by atomic mass is 32.2. The van der Waals surface area contributed by atoms with Gasteiger partial charge in [0.1, 0.15) is 5.82 Å². The summed E-state index contributed by atoms with van der Waals surface area (Å²) in [6.07, 6.45) is -7.28. The van der Waals surface area contributed by atoms with Crippen molar-refractivity contribution >= 4 is 9.84 Å². The fourth-order valence-corrected chi connectivity index (χ4v) is 5.71. The van der Waals surface area contributed by atoms with Crippen LogP contribution in [-0.2, 0) is 28.7 Å². The van der Waals surface area contributed by atoms with Gasteiger partial charge in [0.05, 0.1) is 21.8 Å². The molecule has 0 spiro atoms. The summed E-state index contributed by atoms with van der Waals surface area (Å²) in [5.41, 5.74) is -2.07. The molecular weight excluding hydrogens is 475 g/mol. The normalized spacial score (nSPS) is 20.1. The number of hydrogen-bond donors (Lipinski definition) is 1. The van der Waals surface area contributed by atoms with E-state index < -0.39 is 39.1 Å². The van der Waals surface area contributed by atoms with E-state index in [9.17, 15) is 39.2 Å². The lowest BCUT2D eigenvalue weighted by Gasteiger charge is -2.29. The molecule has 2 aromatic rings. The predicted molar refractivity (Wildman–Crippen MR) is 107 cm³/mol. The molecule has 0 bridgehead atoms. The van der Waals surface area contributed by atoms with Crippen molar-refractivity contribution in [2.75, 3.05) is 5.75 Å². The Labute approximate surface area is 186 Å². The van der Waals surface area contributed by atoms with Gasteiger partial charge in [-0.2, -0.15) is 26.3 Å². The zero-order valence-electron chi connectivity index (χ0n) is 17.3. The molecule has 0 unspecified atom stereocenters. The van der Waals surface area contributed by atoms with Crippen molar-refractivity contribution in [2.24, 2.45) is 5.92 Å². The molecule has 1 saturated carbocycles. The van der Waals surface area contributed by atoms with Crippen LogP contribution in [0.5, 0.6) is 0 Å². The van der Waals surface area contributed by atoms with E-state index >= 15 is 0 Å². The Balaban J connectivity index is 1.54. The van der Waals surface area contributed by atoms with Crippen molar-refractivity contribution in [3.63, 3.8) is 0 Å². The van der Waals surface area contributed by atoms with Gasteiger partial charge in [0.25, 0.3) is 0 Å². The van der Waals surface area contributed by atoms with Gasteiger partial charge in [0, 0.05) is 12.6 Å². The average molecular weight is 497 g/mol. The first kappa shape index (κ1) is 25.5. The van der Waals surface area contributed by atoms with E-state index in [0.717, 1.165) is 30.3 Å².